The molecule has 0 fully saturated rings. The SMILES string of the molecule is Cc1cccc(NC(=O)CNc2ccc(C#N)cc2)c1C. The third kappa shape index (κ3) is 3.83. The molecule has 106 valence electrons. The van der Waals surface area contributed by atoms with Crippen molar-refractivity contribution < 1.29 is 4.79 Å². The highest BCUT2D eigenvalue weighted by Gasteiger charge is 2.05. The minimum Gasteiger partial charge on any atom is -0.376 e. The van der Waals surface area contributed by atoms with Gasteiger partial charge >= 0.3 is 0 Å². The number of amides is 1. The van der Waals surface area contributed by atoms with Gasteiger partial charge in [-0.05, 0) is 55.3 Å². The van der Waals surface area contributed by atoms with E-state index in [1.807, 2.05) is 32.0 Å². The normalized spacial score (nSPS) is 9.76. The summed E-state index contributed by atoms with van der Waals surface area (Å²) in [6.07, 6.45) is 0. The molecule has 0 aliphatic rings. The van der Waals surface area contributed by atoms with Gasteiger partial charge < -0.3 is 10.6 Å². The topological polar surface area (TPSA) is 64.9 Å². The van der Waals surface area contributed by atoms with E-state index in [-0.39, 0.29) is 12.5 Å². The first-order chi connectivity index (χ1) is 10.1. The fraction of sp³-hybridized carbons (Fsp3) is 0.176. The average molecular weight is 279 g/mol. The number of carbonyl (C=O) groups is 1. The van der Waals surface area contributed by atoms with Gasteiger partial charge in [-0.3, -0.25) is 4.79 Å². The smallest absolute Gasteiger partial charge is 0.243 e. The lowest BCUT2D eigenvalue weighted by Gasteiger charge is -2.11. The molecule has 0 bridgehead atoms. The van der Waals surface area contributed by atoms with Crippen LogP contribution >= 0.6 is 0 Å². The molecule has 2 N–H and O–H groups in total. The molecule has 0 atom stereocenters. The second-order valence-electron chi connectivity index (χ2n) is 4.84. The third-order valence-corrected chi connectivity index (χ3v) is 3.35. The molecule has 21 heavy (non-hydrogen) atoms. The first kappa shape index (κ1) is 14.6. The zero-order chi connectivity index (χ0) is 15.2. The standard InChI is InChI=1S/C17H17N3O/c1-12-4-3-5-16(13(12)2)20-17(21)11-19-15-8-6-14(10-18)7-9-15/h3-9,19H,11H2,1-2H3,(H,20,21). The van der Waals surface area contributed by atoms with Crippen LogP contribution in [0.4, 0.5) is 11.4 Å². The van der Waals surface area contributed by atoms with Gasteiger partial charge in [-0.1, -0.05) is 12.1 Å². The van der Waals surface area contributed by atoms with E-state index in [1.165, 1.54) is 0 Å². The number of benzene rings is 2. The first-order valence-corrected chi connectivity index (χ1v) is 6.70. The van der Waals surface area contributed by atoms with E-state index in [1.54, 1.807) is 24.3 Å². The van der Waals surface area contributed by atoms with E-state index < -0.39 is 0 Å². The Hall–Kier alpha value is -2.80. The van der Waals surface area contributed by atoms with Crippen LogP contribution in [0.1, 0.15) is 16.7 Å². The van der Waals surface area contributed by atoms with Crippen LogP contribution in [0, 0.1) is 25.2 Å². The van der Waals surface area contributed by atoms with Crippen molar-refractivity contribution in [2.75, 3.05) is 17.2 Å². The predicted octanol–water partition coefficient (Wildman–Crippen LogP) is 3.23. The van der Waals surface area contributed by atoms with Gasteiger partial charge in [0.15, 0.2) is 0 Å². The van der Waals surface area contributed by atoms with Crippen molar-refractivity contribution in [2.45, 2.75) is 13.8 Å². The number of anilines is 2. The molecule has 0 aromatic heterocycles. The van der Waals surface area contributed by atoms with Crippen LogP contribution < -0.4 is 10.6 Å². The van der Waals surface area contributed by atoms with Crippen molar-refractivity contribution in [3.8, 4) is 6.07 Å². The van der Waals surface area contributed by atoms with Gasteiger partial charge in [0.25, 0.3) is 0 Å². The molecular weight excluding hydrogens is 262 g/mol. The number of hydrogen-bond donors (Lipinski definition) is 2. The van der Waals surface area contributed by atoms with Gasteiger partial charge in [-0.15, -0.1) is 0 Å². The average Bonchev–Trinajstić information content (AvgIpc) is 2.50. The molecule has 0 saturated heterocycles. The summed E-state index contributed by atoms with van der Waals surface area (Å²) in [5, 5.41) is 14.6. The third-order valence-electron chi connectivity index (χ3n) is 3.35. The summed E-state index contributed by atoms with van der Waals surface area (Å²) < 4.78 is 0. The van der Waals surface area contributed by atoms with E-state index in [0.717, 1.165) is 22.5 Å². The van der Waals surface area contributed by atoms with Crippen molar-refractivity contribution in [3.63, 3.8) is 0 Å². The van der Waals surface area contributed by atoms with Crippen LogP contribution in [-0.2, 0) is 4.79 Å². The van der Waals surface area contributed by atoms with Gasteiger partial charge in [0.1, 0.15) is 0 Å². The molecule has 0 aliphatic heterocycles. The Morgan fingerprint density at radius 3 is 2.52 bits per heavy atom. The van der Waals surface area contributed by atoms with Crippen LogP contribution in [0.5, 0.6) is 0 Å². The molecule has 0 radical (unpaired) electrons. The zero-order valence-corrected chi connectivity index (χ0v) is 12.1. The quantitative estimate of drug-likeness (QED) is 0.903. The molecule has 0 unspecified atom stereocenters. The summed E-state index contributed by atoms with van der Waals surface area (Å²) in [5.41, 5.74) is 4.46. The molecular formula is C17H17N3O. The van der Waals surface area contributed by atoms with Gasteiger partial charge in [0.05, 0.1) is 18.2 Å². The Labute approximate surface area is 124 Å². The summed E-state index contributed by atoms with van der Waals surface area (Å²) in [5.74, 6) is -0.104. The van der Waals surface area contributed by atoms with Gasteiger partial charge in [0.2, 0.25) is 5.91 Å². The highest BCUT2D eigenvalue weighted by Crippen LogP contribution is 2.17. The fourth-order valence-electron chi connectivity index (χ4n) is 1.93. The molecule has 2 aromatic rings. The van der Waals surface area contributed by atoms with E-state index in [2.05, 4.69) is 16.7 Å². The lowest BCUT2D eigenvalue weighted by molar-refractivity contribution is -0.114. The molecule has 1 amide bonds. The minimum absolute atomic E-state index is 0.104. The van der Waals surface area contributed by atoms with E-state index in [4.69, 9.17) is 5.26 Å². The number of nitriles is 1. The lowest BCUT2D eigenvalue weighted by atomic mass is 10.1. The second-order valence-corrected chi connectivity index (χ2v) is 4.84. The number of hydrogen-bond acceptors (Lipinski definition) is 3. The lowest BCUT2D eigenvalue weighted by Crippen LogP contribution is -2.22. The number of rotatable bonds is 4. The maximum atomic E-state index is 11.9. The molecule has 0 saturated carbocycles. The van der Waals surface area contributed by atoms with Crippen LogP contribution in [0.15, 0.2) is 42.5 Å². The Kier molecular flexibility index (Phi) is 4.57. The number of aryl methyl sites for hydroxylation is 1. The van der Waals surface area contributed by atoms with Crippen LogP contribution in [0.3, 0.4) is 0 Å². The molecule has 4 heteroatoms. The first-order valence-electron chi connectivity index (χ1n) is 6.70. The zero-order valence-electron chi connectivity index (χ0n) is 12.1. The van der Waals surface area contributed by atoms with Crippen LogP contribution in [0.25, 0.3) is 0 Å². The monoisotopic (exact) mass is 279 g/mol. The molecule has 0 heterocycles. The van der Waals surface area contributed by atoms with Gasteiger partial charge in [0, 0.05) is 11.4 Å². The molecule has 4 nitrogen and oxygen atoms in total. The molecule has 2 aromatic carbocycles. The summed E-state index contributed by atoms with van der Waals surface area (Å²) in [6, 6.07) is 14.9. The number of nitrogens with zero attached hydrogens (tertiary/aromatic N) is 1. The van der Waals surface area contributed by atoms with Crippen LogP contribution in [0.2, 0.25) is 0 Å². The number of carbonyl (C=O) groups excluding carboxylic acids is 1. The van der Waals surface area contributed by atoms with Gasteiger partial charge in [-0.2, -0.15) is 5.26 Å². The van der Waals surface area contributed by atoms with E-state index in [0.29, 0.717) is 5.56 Å². The van der Waals surface area contributed by atoms with E-state index >= 15 is 0 Å². The number of nitrogens with one attached hydrogen (secondary N) is 2. The molecule has 2 rings (SSSR count). The fourth-order valence-corrected chi connectivity index (χ4v) is 1.93. The highest BCUT2D eigenvalue weighted by molar-refractivity contribution is 5.94. The highest BCUT2D eigenvalue weighted by atomic mass is 16.1. The Balaban J connectivity index is 1.93. The maximum absolute atomic E-state index is 11.9. The summed E-state index contributed by atoms with van der Waals surface area (Å²) in [4.78, 5) is 11.9. The molecule has 0 aliphatic carbocycles. The largest absolute Gasteiger partial charge is 0.376 e. The van der Waals surface area contributed by atoms with Crippen LogP contribution in [-0.4, -0.2) is 12.5 Å². The maximum Gasteiger partial charge on any atom is 0.243 e. The Morgan fingerprint density at radius 2 is 1.86 bits per heavy atom. The van der Waals surface area contributed by atoms with Crippen molar-refractivity contribution >= 4 is 17.3 Å². The van der Waals surface area contributed by atoms with Crippen molar-refractivity contribution in [2.24, 2.45) is 0 Å². The summed E-state index contributed by atoms with van der Waals surface area (Å²) >= 11 is 0. The van der Waals surface area contributed by atoms with Gasteiger partial charge in [-0.25, -0.2) is 0 Å². The Morgan fingerprint density at radius 1 is 1.14 bits per heavy atom. The van der Waals surface area contributed by atoms with E-state index in [9.17, 15) is 4.79 Å². The van der Waals surface area contributed by atoms with Crippen molar-refractivity contribution in [3.05, 3.63) is 59.2 Å². The summed E-state index contributed by atoms with van der Waals surface area (Å²) in [7, 11) is 0. The van der Waals surface area contributed by atoms with Crippen molar-refractivity contribution in [1.29, 1.82) is 5.26 Å². The van der Waals surface area contributed by atoms with Crippen molar-refractivity contribution in [1.82, 2.24) is 0 Å². The minimum atomic E-state index is -0.104. The predicted molar refractivity (Wildman–Crippen MR) is 84.2 cm³/mol. The second kappa shape index (κ2) is 6.58. The summed E-state index contributed by atoms with van der Waals surface area (Å²) in [6.45, 7) is 4.18. The molecule has 0 spiro atoms. The Bertz CT molecular complexity index is 684.